The summed E-state index contributed by atoms with van der Waals surface area (Å²) >= 11 is 2.25. The number of nitrogens with one attached hydrogen (secondary N) is 1. The van der Waals surface area contributed by atoms with Gasteiger partial charge in [-0.15, -0.1) is 0 Å². The topological polar surface area (TPSA) is 49.3 Å². The molecule has 1 aliphatic carbocycles. The predicted octanol–water partition coefficient (Wildman–Crippen LogP) is 2.57. The third kappa shape index (κ3) is 2.42. The Balaban J connectivity index is 1.97. The fraction of sp³-hybridized carbons (Fsp3) is 0.364. The Morgan fingerprint density at radius 2 is 2.00 bits per heavy atom. The molecule has 0 bridgehead atoms. The second-order valence-electron chi connectivity index (χ2n) is 3.78. The lowest BCUT2D eigenvalue weighted by Crippen LogP contribution is -2.42. The first-order chi connectivity index (χ1) is 7.16. The van der Waals surface area contributed by atoms with Crippen LogP contribution >= 0.6 is 22.6 Å². The van der Waals surface area contributed by atoms with Gasteiger partial charge in [0.2, 0.25) is 0 Å². The van der Waals surface area contributed by atoms with Gasteiger partial charge in [-0.1, -0.05) is 0 Å². The molecule has 3 nitrogen and oxygen atoms in total. The molecular formula is C11H12INO2. The van der Waals surface area contributed by atoms with E-state index in [0.29, 0.717) is 0 Å². The molecule has 1 saturated carbocycles. The van der Waals surface area contributed by atoms with Gasteiger partial charge in [-0.05, 0) is 59.7 Å². The van der Waals surface area contributed by atoms with Gasteiger partial charge in [-0.25, -0.2) is 0 Å². The third-order valence-corrected chi connectivity index (χ3v) is 3.51. The number of carboxylic acids is 1. The van der Waals surface area contributed by atoms with Crippen LogP contribution in [0.4, 0.5) is 5.69 Å². The van der Waals surface area contributed by atoms with Gasteiger partial charge >= 0.3 is 5.97 Å². The molecule has 0 aromatic heterocycles. The van der Waals surface area contributed by atoms with Gasteiger partial charge in [0.1, 0.15) is 0 Å². The number of carboxylic acid groups (broad SMARTS) is 1. The normalized spacial score (nSPS) is 24.3. The molecule has 2 N–H and O–H groups in total. The number of rotatable bonds is 3. The molecule has 4 heteroatoms. The third-order valence-electron chi connectivity index (χ3n) is 2.79. The molecule has 0 heterocycles. The molecule has 0 spiro atoms. The zero-order chi connectivity index (χ0) is 10.8. The van der Waals surface area contributed by atoms with E-state index in [4.69, 9.17) is 5.11 Å². The molecular weight excluding hydrogens is 305 g/mol. The summed E-state index contributed by atoms with van der Waals surface area (Å²) in [4.78, 5) is 10.8. The summed E-state index contributed by atoms with van der Waals surface area (Å²) in [5.41, 5.74) is 1.01. The summed E-state index contributed by atoms with van der Waals surface area (Å²) in [6, 6.07) is 8.09. The largest absolute Gasteiger partial charge is 0.481 e. The number of halogens is 1. The van der Waals surface area contributed by atoms with Crippen molar-refractivity contribution in [3.8, 4) is 0 Å². The fourth-order valence-electron chi connectivity index (χ4n) is 1.73. The summed E-state index contributed by atoms with van der Waals surface area (Å²) in [5.74, 6) is -0.909. The standard InChI is InChI=1S/C11H12INO2/c12-7-1-3-8(4-2-7)13-10-6-5-9(10)11(14)15/h1-4,9-10,13H,5-6H2,(H,14,15). The van der Waals surface area contributed by atoms with Crippen molar-refractivity contribution >= 4 is 34.2 Å². The van der Waals surface area contributed by atoms with Crippen LogP contribution in [0.15, 0.2) is 24.3 Å². The summed E-state index contributed by atoms with van der Waals surface area (Å²) in [5, 5.41) is 12.1. The van der Waals surface area contributed by atoms with Crippen LogP contribution in [0.1, 0.15) is 12.8 Å². The molecule has 0 radical (unpaired) electrons. The molecule has 0 aliphatic heterocycles. The summed E-state index contributed by atoms with van der Waals surface area (Å²) < 4.78 is 1.18. The van der Waals surface area contributed by atoms with Crippen LogP contribution in [0, 0.1) is 9.49 Å². The molecule has 1 aromatic carbocycles. The lowest BCUT2D eigenvalue weighted by molar-refractivity contribution is -0.144. The van der Waals surface area contributed by atoms with Gasteiger partial charge < -0.3 is 10.4 Å². The average molecular weight is 317 g/mol. The van der Waals surface area contributed by atoms with Crippen molar-refractivity contribution < 1.29 is 9.90 Å². The van der Waals surface area contributed by atoms with E-state index in [-0.39, 0.29) is 12.0 Å². The van der Waals surface area contributed by atoms with Gasteiger partial charge in [0.05, 0.1) is 5.92 Å². The molecule has 0 amide bonds. The van der Waals surface area contributed by atoms with Crippen LogP contribution in [0.5, 0.6) is 0 Å². The highest BCUT2D eigenvalue weighted by molar-refractivity contribution is 14.1. The molecule has 0 saturated heterocycles. The van der Waals surface area contributed by atoms with Gasteiger partial charge in [0.25, 0.3) is 0 Å². The van der Waals surface area contributed by atoms with Crippen LogP contribution in [0.3, 0.4) is 0 Å². The van der Waals surface area contributed by atoms with Crippen molar-refractivity contribution in [3.63, 3.8) is 0 Å². The van der Waals surface area contributed by atoms with E-state index in [1.165, 1.54) is 3.57 Å². The highest BCUT2D eigenvalue weighted by Crippen LogP contribution is 2.30. The minimum Gasteiger partial charge on any atom is -0.481 e. The van der Waals surface area contributed by atoms with Gasteiger partial charge in [-0.3, -0.25) is 4.79 Å². The first-order valence-corrected chi connectivity index (χ1v) is 5.99. The Morgan fingerprint density at radius 3 is 2.47 bits per heavy atom. The Hall–Kier alpha value is -0.780. The lowest BCUT2D eigenvalue weighted by atomic mass is 9.79. The number of aliphatic carboxylic acids is 1. The maximum atomic E-state index is 10.8. The SMILES string of the molecule is O=C(O)C1CCC1Nc1ccc(I)cc1. The summed E-state index contributed by atoms with van der Waals surface area (Å²) in [7, 11) is 0. The average Bonchev–Trinajstić information content (AvgIpc) is 2.14. The van der Waals surface area contributed by atoms with E-state index in [1.54, 1.807) is 0 Å². The van der Waals surface area contributed by atoms with Crippen LogP contribution in [-0.2, 0) is 4.79 Å². The first kappa shape index (κ1) is 10.7. The van der Waals surface area contributed by atoms with E-state index in [0.717, 1.165) is 18.5 Å². The van der Waals surface area contributed by atoms with Crippen LogP contribution in [0.25, 0.3) is 0 Å². The van der Waals surface area contributed by atoms with Crippen molar-refractivity contribution in [2.75, 3.05) is 5.32 Å². The fourth-order valence-corrected chi connectivity index (χ4v) is 2.09. The number of carbonyl (C=O) groups is 1. The molecule has 1 aliphatic rings. The minimum absolute atomic E-state index is 0.0996. The smallest absolute Gasteiger partial charge is 0.308 e. The quantitative estimate of drug-likeness (QED) is 0.843. The Bertz CT molecular complexity index is 363. The highest BCUT2D eigenvalue weighted by atomic mass is 127. The maximum absolute atomic E-state index is 10.8. The zero-order valence-electron chi connectivity index (χ0n) is 8.11. The number of benzene rings is 1. The monoisotopic (exact) mass is 317 g/mol. The molecule has 15 heavy (non-hydrogen) atoms. The van der Waals surface area contributed by atoms with Crippen molar-refractivity contribution in [2.45, 2.75) is 18.9 Å². The van der Waals surface area contributed by atoms with Crippen molar-refractivity contribution in [2.24, 2.45) is 5.92 Å². The molecule has 1 fully saturated rings. The molecule has 1 aromatic rings. The Kier molecular flexibility index (Phi) is 3.14. The number of hydrogen-bond acceptors (Lipinski definition) is 2. The van der Waals surface area contributed by atoms with Crippen LogP contribution < -0.4 is 5.32 Å². The van der Waals surface area contributed by atoms with Crippen LogP contribution in [-0.4, -0.2) is 17.1 Å². The second-order valence-corrected chi connectivity index (χ2v) is 5.03. The Morgan fingerprint density at radius 1 is 1.33 bits per heavy atom. The van der Waals surface area contributed by atoms with Crippen molar-refractivity contribution in [3.05, 3.63) is 27.8 Å². The van der Waals surface area contributed by atoms with E-state index in [2.05, 4.69) is 27.9 Å². The Labute approximate surface area is 102 Å². The molecule has 2 rings (SSSR count). The van der Waals surface area contributed by atoms with E-state index in [1.807, 2.05) is 24.3 Å². The van der Waals surface area contributed by atoms with E-state index >= 15 is 0 Å². The van der Waals surface area contributed by atoms with Gasteiger partial charge in [-0.2, -0.15) is 0 Å². The second kappa shape index (κ2) is 4.38. The zero-order valence-corrected chi connectivity index (χ0v) is 10.3. The molecule has 2 unspecified atom stereocenters. The van der Waals surface area contributed by atoms with E-state index < -0.39 is 5.97 Å². The molecule has 80 valence electrons. The number of anilines is 1. The van der Waals surface area contributed by atoms with Crippen molar-refractivity contribution in [1.82, 2.24) is 0 Å². The first-order valence-electron chi connectivity index (χ1n) is 4.92. The predicted molar refractivity (Wildman–Crippen MR) is 66.9 cm³/mol. The highest BCUT2D eigenvalue weighted by Gasteiger charge is 2.36. The van der Waals surface area contributed by atoms with Crippen molar-refractivity contribution in [1.29, 1.82) is 0 Å². The summed E-state index contributed by atoms with van der Waals surface area (Å²) in [6.45, 7) is 0. The summed E-state index contributed by atoms with van der Waals surface area (Å²) in [6.07, 6.45) is 1.74. The lowest BCUT2D eigenvalue weighted by Gasteiger charge is -2.34. The van der Waals surface area contributed by atoms with Gasteiger partial charge in [0, 0.05) is 15.3 Å². The minimum atomic E-state index is -0.690. The van der Waals surface area contributed by atoms with E-state index in [9.17, 15) is 4.79 Å². The molecule has 2 atom stereocenters. The maximum Gasteiger partial charge on any atom is 0.308 e. The number of hydrogen-bond donors (Lipinski definition) is 2. The van der Waals surface area contributed by atoms with Crippen LogP contribution in [0.2, 0.25) is 0 Å². The van der Waals surface area contributed by atoms with Gasteiger partial charge in [0.15, 0.2) is 0 Å².